The number of hydrogen-bond acceptors (Lipinski definition) is 7. The van der Waals surface area contributed by atoms with E-state index in [9.17, 15) is 14.9 Å². The summed E-state index contributed by atoms with van der Waals surface area (Å²) in [4.78, 5) is 31.6. The number of fused-ring (bicyclic) bond motifs is 1. The first kappa shape index (κ1) is 23.9. The predicted molar refractivity (Wildman–Crippen MR) is 126 cm³/mol. The van der Waals surface area contributed by atoms with Gasteiger partial charge in [-0.1, -0.05) is 0 Å². The van der Waals surface area contributed by atoms with Crippen LogP contribution in [-0.2, 0) is 20.7 Å². The minimum atomic E-state index is -0.473. The molecule has 2 atom stereocenters. The molecular weight excluding hydrogens is 434 g/mol. The predicted octanol–water partition coefficient (Wildman–Crippen LogP) is 2.44. The van der Waals surface area contributed by atoms with Crippen LogP contribution in [0.1, 0.15) is 49.0 Å². The smallest absolute Gasteiger partial charge is 0.406 e. The Morgan fingerprint density at radius 2 is 2.21 bits per heavy atom. The van der Waals surface area contributed by atoms with E-state index in [1.807, 2.05) is 30.0 Å². The fourth-order valence-electron chi connectivity index (χ4n) is 4.42. The van der Waals surface area contributed by atoms with Crippen molar-refractivity contribution in [2.75, 3.05) is 33.4 Å². The van der Waals surface area contributed by atoms with Crippen LogP contribution >= 0.6 is 0 Å². The maximum atomic E-state index is 13.4. The number of benzene rings is 1. The second kappa shape index (κ2) is 10.8. The number of morpholine rings is 1. The Labute approximate surface area is 199 Å². The highest BCUT2D eigenvalue weighted by atomic mass is 16.5. The van der Waals surface area contributed by atoms with E-state index in [0.717, 1.165) is 41.5 Å². The molecule has 2 amide bonds. The van der Waals surface area contributed by atoms with Crippen molar-refractivity contribution in [3.8, 4) is 6.07 Å². The van der Waals surface area contributed by atoms with Gasteiger partial charge in [0.05, 0.1) is 42.6 Å². The van der Waals surface area contributed by atoms with Gasteiger partial charge in [0.2, 0.25) is 0 Å². The molecular formula is C25H31N5O4. The minimum Gasteiger partial charge on any atom is -0.453 e. The molecule has 180 valence electrons. The molecule has 9 heteroatoms. The van der Waals surface area contributed by atoms with Crippen molar-refractivity contribution in [1.82, 2.24) is 20.5 Å². The summed E-state index contributed by atoms with van der Waals surface area (Å²) < 4.78 is 10.4. The fourth-order valence-corrected chi connectivity index (χ4v) is 4.42. The largest absolute Gasteiger partial charge is 0.453 e. The summed E-state index contributed by atoms with van der Waals surface area (Å²) in [6.45, 7) is 4.30. The number of carbonyl (C=O) groups is 2. The number of nitriles is 1. The van der Waals surface area contributed by atoms with Gasteiger partial charge in [-0.15, -0.1) is 0 Å². The normalized spacial score (nSPS) is 18.7. The summed E-state index contributed by atoms with van der Waals surface area (Å²) in [6.07, 6.45) is 2.43. The van der Waals surface area contributed by atoms with Gasteiger partial charge in [0, 0.05) is 31.1 Å². The Balaban J connectivity index is 1.62. The summed E-state index contributed by atoms with van der Waals surface area (Å²) in [7, 11) is 1.34. The third-order valence-electron chi connectivity index (χ3n) is 6.36. The minimum absolute atomic E-state index is 0.00718. The van der Waals surface area contributed by atoms with Gasteiger partial charge in [-0.25, -0.2) is 4.79 Å². The number of rotatable bonds is 8. The molecule has 0 radical (unpaired) electrons. The van der Waals surface area contributed by atoms with E-state index >= 15 is 0 Å². The van der Waals surface area contributed by atoms with Gasteiger partial charge in [0.1, 0.15) is 6.10 Å². The number of aromatic nitrogens is 1. The van der Waals surface area contributed by atoms with E-state index < -0.39 is 12.2 Å². The monoisotopic (exact) mass is 465 g/mol. The molecule has 2 heterocycles. The van der Waals surface area contributed by atoms with E-state index in [1.165, 1.54) is 7.11 Å². The molecule has 1 aliphatic heterocycles. The van der Waals surface area contributed by atoms with Gasteiger partial charge in [-0.3, -0.25) is 9.78 Å². The van der Waals surface area contributed by atoms with Crippen LogP contribution in [-0.4, -0.2) is 67.4 Å². The molecule has 1 aliphatic carbocycles. The van der Waals surface area contributed by atoms with Crippen LogP contribution in [0.5, 0.6) is 0 Å². The molecule has 2 aromatic rings. The number of alkyl carbamates (subject to hydrolysis) is 1. The highest BCUT2D eigenvalue weighted by molar-refractivity contribution is 5.85. The van der Waals surface area contributed by atoms with E-state index in [-0.39, 0.29) is 18.0 Å². The Morgan fingerprint density at radius 1 is 1.38 bits per heavy atom. The maximum Gasteiger partial charge on any atom is 0.406 e. The number of aryl methyl sites for hydroxylation is 1. The fraction of sp³-hybridized carbons (Fsp3) is 0.520. The molecule has 2 fully saturated rings. The van der Waals surface area contributed by atoms with Gasteiger partial charge in [-0.05, 0) is 62.4 Å². The van der Waals surface area contributed by atoms with E-state index in [4.69, 9.17) is 9.72 Å². The third kappa shape index (κ3) is 5.46. The number of ether oxygens (including phenoxy) is 2. The van der Waals surface area contributed by atoms with Crippen LogP contribution in [0.2, 0.25) is 0 Å². The Bertz CT molecular complexity index is 1090. The van der Waals surface area contributed by atoms with Crippen LogP contribution in [0.3, 0.4) is 0 Å². The average Bonchev–Trinajstić information content (AvgIpc) is 3.71. The van der Waals surface area contributed by atoms with E-state index in [0.29, 0.717) is 38.1 Å². The Hall–Kier alpha value is -3.22. The lowest BCUT2D eigenvalue weighted by atomic mass is 9.99. The third-order valence-corrected chi connectivity index (χ3v) is 6.36. The van der Waals surface area contributed by atoms with Crippen LogP contribution in [0.25, 0.3) is 10.9 Å². The number of hydrogen-bond donors (Lipinski definition) is 2. The average molecular weight is 466 g/mol. The van der Waals surface area contributed by atoms with Gasteiger partial charge >= 0.3 is 6.09 Å². The summed E-state index contributed by atoms with van der Waals surface area (Å²) in [5, 5.41) is 16.2. The van der Waals surface area contributed by atoms with Crippen LogP contribution in [0.15, 0.2) is 24.3 Å². The Morgan fingerprint density at radius 3 is 2.88 bits per heavy atom. The van der Waals surface area contributed by atoms with Gasteiger partial charge < -0.3 is 25.0 Å². The number of carbonyl (C=O) groups excluding carboxylic acids is 2. The van der Waals surface area contributed by atoms with Crippen molar-refractivity contribution >= 4 is 22.9 Å². The molecule has 0 unspecified atom stereocenters. The lowest BCUT2D eigenvalue weighted by molar-refractivity contribution is -0.148. The second-order valence-electron chi connectivity index (χ2n) is 8.79. The Kier molecular flexibility index (Phi) is 7.60. The lowest BCUT2D eigenvalue weighted by Gasteiger charge is -2.34. The van der Waals surface area contributed by atoms with Crippen molar-refractivity contribution < 1.29 is 19.1 Å². The molecule has 9 nitrogen and oxygen atoms in total. The number of methoxy groups -OCH3 is 1. The van der Waals surface area contributed by atoms with E-state index in [1.54, 1.807) is 6.07 Å². The number of amides is 2. The highest BCUT2D eigenvalue weighted by Crippen LogP contribution is 2.36. The summed E-state index contributed by atoms with van der Waals surface area (Å²) in [5.74, 6) is 0.00718. The van der Waals surface area contributed by atoms with E-state index in [2.05, 4.69) is 21.4 Å². The van der Waals surface area contributed by atoms with Crippen molar-refractivity contribution in [2.24, 2.45) is 0 Å². The van der Waals surface area contributed by atoms with Gasteiger partial charge in [0.25, 0.3) is 5.91 Å². The molecule has 1 saturated heterocycles. The second-order valence-corrected chi connectivity index (χ2v) is 8.79. The van der Waals surface area contributed by atoms with Crippen LogP contribution < -0.4 is 10.6 Å². The number of pyridine rings is 1. The molecule has 1 saturated carbocycles. The van der Waals surface area contributed by atoms with Crippen LogP contribution in [0.4, 0.5) is 4.79 Å². The summed E-state index contributed by atoms with van der Waals surface area (Å²) in [5.41, 5.74) is 3.21. The SMILES string of the molecule is COC(=O)NCCCc1cc([C@@H](C)N(C(=O)[C@H]2CNCCO2)C2CC2)nc2ccc(C#N)cc12. The van der Waals surface area contributed by atoms with Gasteiger partial charge in [-0.2, -0.15) is 5.26 Å². The first-order chi connectivity index (χ1) is 16.5. The summed E-state index contributed by atoms with van der Waals surface area (Å²) >= 11 is 0. The highest BCUT2D eigenvalue weighted by Gasteiger charge is 2.40. The topological polar surface area (TPSA) is 117 Å². The molecule has 34 heavy (non-hydrogen) atoms. The molecule has 2 aliphatic rings. The van der Waals surface area contributed by atoms with Gasteiger partial charge in [0.15, 0.2) is 0 Å². The van der Waals surface area contributed by atoms with Crippen LogP contribution in [0, 0.1) is 11.3 Å². The first-order valence-corrected chi connectivity index (χ1v) is 11.8. The molecule has 4 rings (SSSR count). The standard InChI is InChI=1S/C25H31N5O4/c1-16(30(19-6-7-19)24(31)23-15-27-10-11-34-23)22-13-18(4-3-9-28-25(32)33-2)20-12-17(14-26)5-8-21(20)29-22/h5,8,12-13,16,19,23,27H,3-4,6-7,9-11,15H2,1-2H3,(H,28,32)/t16-,23-/m1/s1. The maximum absolute atomic E-state index is 13.4. The molecule has 1 aromatic carbocycles. The lowest BCUT2D eigenvalue weighted by Crippen LogP contribution is -2.50. The molecule has 0 bridgehead atoms. The zero-order valence-corrected chi connectivity index (χ0v) is 19.7. The zero-order valence-electron chi connectivity index (χ0n) is 19.7. The quantitative estimate of drug-likeness (QED) is 0.575. The molecule has 0 spiro atoms. The first-order valence-electron chi connectivity index (χ1n) is 11.8. The van der Waals surface area contributed by atoms with Crippen molar-refractivity contribution in [3.05, 3.63) is 41.1 Å². The van der Waals surface area contributed by atoms with Crippen molar-refractivity contribution in [1.29, 1.82) is 5.26 Å². The molecule has 1 aromatic heterocycles. The number of nitrogens with zero attached hydrogens (tertiary/aromatic N) is 3. The summed E-state index contributed by atoms with van der Waals surface area (Å²) in [6, 6.07) is 9.70. The van der Waals surface area contributed by atoms with Crippen molar-refractivity contribution in [2.45, 2.75) is 50.8 Å². The molecule has 2 N–H and O–H groups in total. The van der Waals surface area contributed by atoms with Crippen molar-refractivity contribution in [3.63, 3.8) is 0 Å². The number of nitrogens with one attached hydrogen (secondary N) is 2. The zero-order chi connectivity index (χ0) is 24.1.